The lowest BCUT2D eigenvalue weighted by molar-refractivity contribution is 0.101. The number of carbonyl (C=O) groups excluding carboxylic acids is 2. The third kappa shape index (κ3) is 4.73. The Morgan fingerprint density at radius 1 is 0.741 bits per heavy atom. The Kier molecular flexibility index (Phi) is 5.84. The first-order valence-corrected chi connectivity index (χ1v) is 8.67. The summed E-state index contributed by atoms with van der Waals surface area (Å²) in [7, 11) is 0. The Balaban J connectivity index is 1.68. The molecule has 0 spiro atoms. The SMILES string of the molecule is CCOc1ccccc1NC(=O)c1ccc(C(=O)Nc2ccccc2)cc1. The minimum absolute atomic E-state index is 0.227. The number of hydrogen-bond acceptors (Lipinski definition) is 3. The van der Waals surface area contributed by atoms with Crippen molar-refractivity contribution in [2.24, 2.45) is 0 Å². The van der Waals surface area contributed by atoms with Crippen LogP contribution in [0.25, 0.3) is 0 Å². The van der Waals surface area contributed by atoms with Crippen molar-refractivity contribution in [3.05, 3.63) is 90.0 Å². The number of ether oxygens (including phenoxy) is 1. The van der Waals surface area contributed by atoms with Crippen LogP contribution >= 0.6 is 0 Å². The summed E-state index contributed by atoms with van der Waals surface area (Å²) in [4.78, 5) is 24.8. The van der Waals surface area contributed by atoms with Crippen molar-refractivity contribution in [3.8, 4) is 5.75 Å². The highest BCUT2D eigenvalue weighted by Crippen LogP contribution is 2.24. The van der Waals surface area contributed by atoms with Crippen molar-refractivity contribution < 1.29 is 14.3 Å². The van der Waals surface area contributed by atoms with E-state index < -0.39 is 0 Å². The highest BCUT2D eigenvalue weighted by molar-refractivity contribution is 6.07. The summed E-state index contributed by atoms with van der Waals surface area (Å²) in [6.45, 7) is 2.40. The summed E-state index contributed by atoms with van der Waals surface area (Å²) in [5.74, 6) is 0.124. The molecule has 5 heteroatoms. The number of carbonyl (C=O) groups is 2. The predicted molar refractivity (Wildman–Crippen MR) is 106 cm³/mol. The van der Waals surface area contributed by atoms with Crippen LogP contribution in [0.1, 0.15) is 27.6 Å². The molecule has 0 aliphatic heterocycles. The van der Waals surface area contributed by atoms with Crippen molar-refractivity contribution in [1.29, 1.82) is 0 Å². The van der Waals surface area contributed by atoms with E-state index >= 15 is 0 Å². The van der Waals surface area contributed by atoms with Gasteiger partial charge < -0.3 is 15.4 Å². The van der Waals surface area contributed by atoms with Gasteiger partial charge in [-0.05, 0) is 55.5 Å². The predicted octanol–water partition coefficient (Wildman–Crippen LogP) is 4.59. The third-order valence-corrected chi connectivity index (χ3v) is 3.88. The molecule has 136 valence electrons. The molecule has 5 nitrogen and oxygen atoms in total. The van der Waals surface area contributed by atoms with E-state index in [1.807, 2.05) is 49.4 Å². The summed E-state index contributed by atoms with van der Waals surface area (Å²) < 4.78 is 5.51. The third-order valence-electron chi connectivity index (χ3n) is 3.88. The highest BCUT2D eigenvalue weighted by atomic mass is 16.5. The number of nitrogens with one attached hydrogen (secondary N) is 2. The van der Waals surface area contributed by atoms with E-state index in [9.17, 15) is 9.59 Å². The van der Waals surface area contributed by atoms with Gasteiger partial charge in [0, 0.05) is 16.8 Å². The van der Waals surface area contributed by atoms with Gasteiger partial charge in [-0.25, -0.2) is 0 Å². The summed E-state index contributed by atoms with van der Waals surface area (Å²) in [5.41, 5.74) is 2.26. The average Bonchev–Trinajstić information content (AvgIpc) is 2.70. The van der Waals surface area contributed by atoms with Gasteiger partial charge in [-0.1, -0.05) is 30.3 Å². The minimum atomic E-state index is -0.267. The number of rotatable bonds is 6. The zero-order chi connectivity index (χ0) is 19.1. The molecule has 0 saturated carbocycles. The Bertz CT molecular complexity index is 922. The van der Waals surface area contributed by atoms with E-state index in [4.69, 9.17) is 4.74 Å². The van der Waals surface area contributed by atoms with Crippen LogP contribution in [0.5, 0.6) is 5.75 Å². The molecule has 0 saturated heterocycles. The highest BCUT2D eigenvalue weighted by Gasteiger charge is 2.11. The van der Waals surface area contributed by atoms with Crippen LogP contribution < -0.4 is 15.4 Å². The average molecular weight is 360 g/mol. The lowest BCUT2D eigenvalue weighted by Gasteiger charge is -2.11. The van der Waals surface area contributed by atoms with Gasteiger partial charge in [-0.2, -0.15) is 0 Å². The molecule has 0 aromatic heterocycles. The van der Waals surface area contributed by atoms with E-state index in [2.05, 4.69) is 10.6 Å². The zero-order valence-electron chi connectivity index (χ0n) is 14.9. The van der Waals surface area contributed by atoms with E-state index in [-0.39, 0.29) is 11.8 Å². The van der Waals surface area contributed by atoms with Gasteiger partial charge in [0.2, 0.25) is 0 Å². The molecule has 3 rings (SSSR count). The standard InChI is InChI=1S/C22H20N2O3/c1-2-27-20-11-7-6-10-19(20)24-22(26)17-14-12-16(13-15-17)21(25)23-18-8-4-3-5-9-18/h3-15H,2H2,1H3,(H,23,25)(H,24,26). The van der Waals surface area contributed by atoms with Crippen LogP contribution in [0, 0.1) is 0 Å². The molecular weight excluding hydrogens is 340 g/mol. The van der Waals surface area contributed by atoms with Gasteiger partial charge in [0.05, 0.1) is 12.3 Å². The largest absolute Gasteiger partial charge is 0.492 e. The second-order valence-electron chi connectivity index (χ2n) is 5.78. The summed E-state index contributed by atoms with van der Waals surface area (Å²) in [6, 6.07) is 23.0. The first-order chi connectivity index (χ1) is 13.2. The second kappa shape index (κ2) is 8.67. The van der Waals surface area contributed by atoms with Crippen LogP contribution in [0.15, 0.2) is 78.9 Å². The summed E-state index contributed by atoms with van der Waals surface area (Å²) in [5, 5.41) is 5.65. The van der Waals surface area contributed by atoms with E-state index in [1.165, 1.54) is 0 Å². The normalized spacial score (nSPS) is 10.1. The molecule has 0 aliphatic rings. The number of amides is 2. The molecule has 0 atom stereocenters. The van der Waals surface area contributed by atoms with Crippen molar-refractivity contribution in [1.82, 2.24) is 0 Å². The number of anilines is 2. The Morgan fingerprint density at radius 3 is 1.93 bits per heavy atom. The lowest BCUT2D eigenvalue weighted by atomic mass is 10.1. The maximum absolute atomic E-state index is 12.5. The first kappa shape index (κ1) is 18.2. The molecule has 2 amide bonds. The van der Waals surface area contributed by atoms with Crippen LogP contribution in [-0.2, 0) is 0 Å². The van der Waals surface area contributed by atoms with Crippen LogP contribution in [0.4, 0.5) is 11.4 Å². The zero-order valence-corrected chi connectivity index (χ0v) is 14.9. The summed E-state index contributed by atoms with van der Waals surface area (Å²) in [6.07, 6.45) is 0. The van der Waals surface area contributed by atoms with E-state index in [0.717, 1.165) is 5.69 Å². The Hall–Kier alpha value is -3.60. The molecule has 0 unspecified atom stereocenters. The fourth-order valence-electron chi connectivity index (χ4n) is 2.54. The molecular formula is C22H20N2O3. The summed E-state index contributed by atoms with van der Waals surface area (Å²) >= 11 is 0. The Morgan fingerprint density at radius 2 is 1.30 bits per heavy atom. The molecule has 0 aliphatic carbocycles. The maximum atomic E-state index is 12.5. The number of hydrogen-bond donors (Lipinski definition) is 2. The topological polar surface area (TPSA) is 67.4 Å². The minimum Gasteiger partial charge on any atom is -0.492 e. The van der Waals surface area contributed by atoms with Crippen molar-refractivity contribution in [2.45, 2.75) is 6.92 Å². The van der Waals surface area contributed by atoms with Crippen LogP contribution in [0.3, 0.4) is 0 Å². The number of para-hydroxylation sites is 3. The fourth-order valence-corrected chi connectivity index (χ4v) is 2.54. The van der Waals surface area contributed by atoms with E-state index in [1.54, 1.807) is 36.4 Å². The molecule has 0 radical (unpaired) electrons. The lowest BCUT2D eigenvalue weighted by Crippen LogP contribution is -2.14. The smallest absolute Gasteiger partial charge is 0.255 e. The molecule has 3 aromatic carbocycles. The van der Waals surface area contributed by atoms with Crippen molar-refractivity contribution >= 4 is 23.2 Å². The molecule has 0 fully saturated rings. The number of benzene rings is 3. The van der Waals surface area contributed by atoms with Gasteiger partial charge in [0.25, 0.3) is 11.8 Å². The second-order valence-corrected chi connectivity index (χ2v) is 5.78. The van der Waals surface area contributed by atoms with Crippen molar-refractivity contribution in [3.63, 3.8) is 0 Å². The molecule has 0 bridgehead atoms. The van der Waals surface area contributed by atoms with Gasteiger partial charge in [-0.15, -0.1) is 0 Å². The van der Waals surface area contributed by atoms with Crippen LogP contribution in [-0.4, -0.2) is 18.4 Å². The quantitative estimate of drug-likeness (QED) is 0.676. The fraction of sp³-hybridized carbons (Fsp3) is 0.0909. The van der Waals surface area contributed by atoms with Gasteiger partial charge in [0.1, 0.15) is 5.75 Å². The maximum Gasteiger partial charge on any atom is 0.255 e. The van der Waals surface area contributed by atoms with Crippen LogP contribution in [0.2, 0.25) is 0 Å². The van der Waals surface area contributed by atoms with Gasteiger partial charge >= 0.3 is 0 Å². The molecule has 27 heavy (non-hydrogen) atoms. The van der Waals surface area contributed by atoms with Gasteiger partial charge in [-0.3, -0.25) is 9.59 Å². The van der Waals surface area contributed by atoms with E-state index in [0.29, 0.717) is 29.2 Å². The monoisotopic (exact) mass is 360 g/mol. The first-order valence-electron chi connectivity index (χ1n) is 8.67. The molecule has 2 N–H and O–H groups in total. The molecule has 3 aromatic rings. The van der Waals surface area contributed by atoms with Gasteiger partial charge in [0.15, 0.2) is 0 Å². The molecule has 0 heterocycles. The van der Waals surface area contributed by atoms with Crippen molar-refractivity contribution in [2.75, 3.05) is 17.2 Å². The Labute approximate surface area is 158 Å².